The van der Waals surface area contributed by atoms with Gasteiger partial charge in [0.1, 0.15) is 11.5 Å². The summed E-state index contributed by atoms with van der Waals surface area (Å²) in [4.78, 5) is 18.0. The van der Waals surface area contributed by atoms with Crippen LogP contribution in [-0.2, 0) is 17.8 Å². The Morgan fingerprint density at radius 2 is 1.73 bits per heavy atom. The van der Waals surface area contributed by atoms with Crippen LogP contribution in [0.4, 0.5) is 0 Å². The average Bonchev–Trinajstić information content (AvgIpc) is 2.75. The average molecular weight is 433 g/mol. The fraction of sp³-hybridized carbons (Fsp3) is 0.364. The molecule has 2 aromatic rings. The fourth-order valence-electron chi connectivity index (χ4n) is 2.59. The van der Waals surface area contributed by atoms with Gasteiger partial charge in [0, 0.05) is 20.6 Å². The van der Waals surface area contributed by atoms with Crippen LogP contribution in [0.5, 0.6) is 11.5 Å². The lowest BCUT2D eigenvalue weighted by molar-refractivity contribution is -0.127. The maximum atomic E-state index is 11.9. The number of hydrogen-bond donors (Lipinski definition) is 2. The minimum atomic E-state index is -0.0350. The van der Waals surface area contributed by atoms with Crippen molar-refractivity contribution < 1.29 is 14.3 Å². The number of amides is 1. The molecule has 7 nitrogen and oxygen atoms in total. The maximum absolute atomic E-state index is 11.9. The quantitative estimate of drug-likeness (QED) is 0.470. The van der Waals surface area contributed by atoms with Gasteiger partial charge in [-0.25, -0.2) is 4.99 Å². The van der Waals surface area contributed by atoms with E-state index in [1.54, 1.807) is 28.3 Å². The number of carbonyl (C=O) groups is 1. The van der Waals surface area contributed by atoms with Crippen LogP contribution in [0.1, 0.15) is 11.1 Å². The van der Waals surface area contributed by atoms with E-state index in [2.05, 4.69) is 15.6 Å². The lowest BCUT2D eigenvalue weighted by Gasteiger charge is -2.15. The highest BCUT2D eigenvalue weighted by molar-refractivity contribution is 6.32. The summed E-state index contributed by atoms with van der Waals surface area (Å²) in [6, 6.07) is 13.5. The van der Waals surface area contributed by atoms with E-state index in [9.17, 15) is 4.79 Å². The molecule has 0 aromatic heterocycles. The second kappa shape index (κ2) is 11.9. The number of benzene rings is 2. The number of halogens is 1. The molecule has 162 valence electrons. The Hall–Kier alpha value is -2.93. The molecule has 2 aromatic carbocycles. The van der Waals surface area contributed by atoms with E-state index in [0.717, 1.165) is 17.7 Å². The Balaban J connectivity index is 2.00. The topological polar surface area (TPSA) is 75.2 Å². The molecule has 0 aliphatic carbocycles. The molecule has 30 heavy (non-hydrogen) atoms. The first-order chi connectivity index (χ1) is 14.4. The fourth-order valence-corrected chi connectivity index (χ4v) is 2.87. The monoisotopic (exact) mass is 432 g/mol. The van der Waals surface area contributed by atoms with Crippen LogP contribution in [0.3, 0.4) is 0 Å². The van der Waals surface area contributed by atoms with Crippen LogP contribution < -0.4 is 20.1 Å². The third-order valence-electron chi connectivity index (χ3n) is 4.41. The number of hydrogen-bond acceptors (Lipinski definition) is 4. The van der Waals surface area contributed by atoms with Gasteiger partial charge in [0.25, 0.3) is 0 Å². The van der Waals surface area contributed by atoms with Crippen LogP contribution in [0, 0.1) is 0 Å². The highest BCUT2D eigenvalue weighted by atomic mass is 35.5. The molecular formula is C22H29ClN4O3. The molecule has 0 saturated heterocycles. The molecule has 2 N–H and O–H groups in total. The number of nitrogens with zero attached hydrogens (tertiary/aromatic N) is 2. The standard InChI is InChI=1S/C22H29ClN4O3/c1-27(2)21(28)15-26-22(24-12-11-16-5-8-18(29-3)9-6-16)25-14-17-7-10-20(30-4)19(23)13-17/h5-10,13H,11-12,14-15H2,1-4H3,(H2,24,25,26). The van der Waals surface area contributed by atoms with Gasteiger partial charge in [-0.15, -0.1) is 0 Å². The number of carbonyl (C=O) groups excluding carboxylic acids is 1. The summed E-state index contributed by atoms with van der Waals surface area (Å²) >= 11 is 6.19. The largest absolute Gasteiger partial charge is 0.497 e. The van der Waals surface area contributed by atoms with Gasteiger partial charge in [0.05, 0.1) is 32.3 Å². The molecule has 0 fully saturated rings. The first kappa shape index (κ1) is 23.3. The Kier molecular flexibility index (Phi) is 9.28. The maximum Gasteiger partial charge on any atom is 0.241 e. The first-order valence-electron chi connectivity index (χ1n) is 9.60. The van der Waals surface area contributed by atoms with E-state index in [1.165, 1.54) is 10.5 Å². The van der Waals surface area contributed by atoms with Crippen molar-refractivity contribution in [1.82, 2.24) is 15.5 Å². The van der Waals surface area contributed by atoms with Crippen LogP contribution in [0.25, 0.3) is 0 Å². The Morgan fingerprint density at radius 1 is 1.03 bits per heavy atom. The van der Waals surface area contributed by atoms with Gasteiger partial charge in [0.15, 0.2) is 5.96 Å². The summed E-state index contributed by atoms with van der Waals surface area (Å²) in [5, 5.41) is 6.90. The number of rotatable bonds is 9. The van der Waals surface area contributed by atoms with Crippen LogP contribution >= 0.6 is 11.6 Å². The van der Waals surface area contributed by atoms with E-state index in [1.807, 2.05) is 42.5 Å². The van der Waals surface area contributed by atoms with Crippen molar-refractivity contribution in [1.29, 1.82) is 0 Å². The summed E-state index contributed by atoms with van der Waals surface area (Å²) in [5.41, 5.74) is 2.12. The van der Waals surface area contributed by atoms with Gasteiger partial charge in [-0.2, -0.15) is 0 Å². The molecular weight excluding hydrogens is 404 g/mol. The molecule has 0 aliphatic heterocycles. The number of guanidine groups is 1. The van der Waals surface area contributed by atoms with Crippen molar-refractivity contribution in [3.8, 4) is 11.5 Å². The molecule has 0 unspecified atom stereocenters. The number of aliphatic imine (C=N–C) groups is 1. The lowest BCUT2D eigenvalue weighted by atomic mass is 10.1. The second-order valence-electron chi connectivity index (χ2n) is 6.80. The first-order valence-corrected chi connectivity index (χ1v) is 9.98. The molecule has 0 saturated carbocycles. The minimum absolute atomic E-state index is 0.0350. The van der Waals surface area contributed by atoms with Crippen LogP contribution in [0.15, 0.2) is 47.5 Å². The van der Waals surface area contributed by atoms with Crippen molar-refractivity contribution in [3.05, 3.63) is 58.6 Å². The van der Waals surface area contributed by atoms with Gasteiger partial charge in [-0.05, 0) is 41.8 Å². The highest BCUT2D eigenvalue weighted by Crippen LogP contribution is 2.25. The van der Waals surface area contributed by atoms with E-state index in [0.29, 0.717) is 29.8 Å². The Labute approximate surface area is 183 Å². The molecule has 0 bridgehead atoms. The van der Waals surface area contributed by atoms with Crippen LogP contribution in [-0.4, -0.2) is 58.2 Å². The SMILES string of the molecule is COc1ccc(CCNC(=NCc2ccc(OC)c(Cl)c2)NCC(=O)N(C)C)cc1. The smallest absolute Gasteiger partial charge is 0.241 e. The number of methoxy groups -OCH3 is 2. The van der Waals surface area contributed by atoms with Crippen molar-refractivity contribution in [2.75, 3.05) is 41.4 Å². The molecule has 0 aliphatic rings. The molecule has 0 heterocycles. The Bertz CT molecular complexity index is 854. The van der Waals surface area contributed by atoms with Crippen molar-refractivity contribution in [2.45, 2.75) is 13.0 Å². The number of nitrogens with one attached hydrogen (secondary N) is 2. The lowest BCUT2D eigenvalue weighted by Crippen LogP contribution is -2.43. The number of ether oxygens (including phenoxy) is 2. The normalized spacial score (nSPS) is 11.0. The van der Waals surface area contributed by atoms with E-state index >= 15 is 0 Å². The Morgan fingerprint density at radius 3 is 2.33 bits per heavy atom. The summed E-state index contributed by atoms with van der Waals surface area (Å²) in [6.07, 6.45) is 0.806. The van der Waals surface area contributed by atoms with E-state index in [4.69, 9.17) is 21.1 Å². The van der Waals surface area contributed by atoms with Gasteiger partial charge in [-0.1, -0.05) is 29.8 Å². The van der Waals surface area contributed by atoms with E-state index in [-0.39, 0.29) is 12.5 Å². The van der Waals surface area contributed by atoms with Gasteiger partial charge in [0.2, 0.25) is 5.91 Å². The summed E-state index contributed by atoms with van der Waals surface area (Å²) in [7, 11) is 6.67. The highest BCUT2D eigenvalue weighted by Gasteiger charge is 2.07. The molecule has 2 rings (SSSR count). The van der Waals surface area contributed by atoms with Crippen molar-refractivity contribution in [2.24, 2.45) is 4.99 Å². The van der Waals surface area contributed by atoms with Crippen LogP contribution in [0.2, 0.25) is 5.02 Å². The second-order valence-corrected chi connectivity index (χ2v) is 7.21. The zero-order chi connectivity index (χ0) is 21.9. The van der Waals surface area contributed by atoms with Gasteiger partial charge in [-0.3, -0.25) is 4.79 Å². The summed E-state index contributed by atoms with van der Waals surface area (Å²) < 4.78 is 10.4. The molecule has 0 atom stereocenters. The van der Waals surface area contributed by atoms with E-state index < -0.39 is 0 Å². The molecule has 1 amide bonds. The summed E-state index contributed by atoms with van der Waals surface area (Å²) in [5.74, 6) is 1.98. The third kappa shape index (κ3) is 7.48. The predicted molar refractivity (Wildman–Crippen MR) is 121 cm³/mol. The zero-order valence-corrected chi connectivity index (χ0v) is 18.6. The molecule has 8 heteroatoms. The zero-order valence-electron chi connectivity index (χ0n) is 17.9. The summed E-state index contributed by atoms with van der Waals surface area (Å²) in [6.45, 7) is 1.24. The molecule has 0 spiro atoms. The van der Waals surface area contributed by atoms with Crippen molar-refractivity contribution >= 4 is 23.5 Å². The third-order valence-corrected chi connectivity index (χ3v) is 4.70. The van der Waals surface area contributed by atoms with Gasteiger partial charge < -0.3 is 25.0 Å². The van der Waals surface area contributed by atoms with Gasteiger partial charge >= 0.3 is 0 Å². The molecule has 0 radical (unpaired) electrons. The predicted octanol–water partition coefficient (Wildman–Crippen LogP) is 2.72. The number of likely N-dealkylation sites (N-methyl/N-ethyl adjacent to an activating group) is 1. The minimum Gasteiger partial charge on any atom is -0.497 e. The van der Waals surface area contributed by atoms with Crippen molar-refractivity contribution in [3.63, 3.8) is 0 Å².